The lowest BCUT2D eigenvalue weighted by atomic mass is 9.65. The van der Waals surface area contributed by atoms with Crippen LogP contribution in [0.4, 0.5) is 5.13 Å². The minimum Gasteiger partial charge on any atom is -0.497 e. The molecule has 2 aliphatic rings. The standard InChI is InChI=1S/C26H38N4O2S/c1-18(2)29(24-27-22(28-33-24)13-19-8-7-9-21(12-19)32-6)11-10-23(31)30-17-26(5)15-20(30)14-25(3,4)16-26/h7-9,12,18,20H,10-11,13-17H2,1-6H3. The molecule has 2 fully saturated rings. The Morgan fingerprint density at radius 2 is 2.09 bits per heavy atom. The smallest absolute Gasteiger partial charge is 0.224 e. The number of benzene rings is 1. The van der Waals surface area contributed by atoms with Gasteiger partial charge in [0.05, 0.1) is 7.11 Å². The summed E-state index contributed by atoms with van der Waals surface area (Å²) in [4.78, 5) is 22.5. The Labute approximate surface area is 202 Å². The van der Waals surface area contributed by atoms with Crippen molar-refractivity contribution in [3.8, 4) is 5.75 Å². The van der Waals surface area contributed by atoms with Crippen molar-refractivity contribution in [1.82, 2.24) is 14.3 Å². The molecule has 2 aromatic rings. The van der Waals surface area contributed by atoms with Gasteiger partial charge in [-0.2, -0.15) is 4.37 Å². The highest BCUT2D eigenvalue weighted by molar-refractivity contribution is 7.09. The molecule has 0 radical (unpaired) electrons. The lowest BCUT2D eigenvalue weighted by Gasteiger charge is -2.39. The average molecular weight is 471 g/mol. The molecule has 1 aliphatic carbocycles. The van der Waals surface area contributed by atoms with Gasteiger partial charge in [0, 0.05) is 49.5 Å². The molecule has 33 heavy (non-hydrogen) atoms. The second-order valence-corrected chi connectivity index (χ2v) is 12.0. The summed E-state index contributed by atoms with van der Waals surface area (Å²) in [5.41, 5.74) is 1.72. The molecule has 2 atom stereocenters. The number of rotatable bonds is 8. The van der Waals surface area contributed by atoms with Crippen LogP contribution in [0.25, 0.3) is 0 Å². The zero-order valence-corrected chi connectivity index (χ0v) is 21.7. The molecular formula is C26H38N4O2S. The lowest BCUT2D eigenvalue weighted by molar-refractivity contribution is -0.132. The first kappa shape index (κ1) is 24.0. The molecule has 6 nitrogen and oxygen atoms in total. The summed E-state index contributed by atoms with van der Waals surface area (Å²) >= 11 is 1.42. The Hall–Kier alpha value is -2.15. The molecule has 2 heterocycles. The van der Waals surface area contributed by atoms with Crippen LogP contribution >= 0.6 is 11.5 Å². The summed E-state index contributed by atoms with van der Waals surface area (Å²) in [5, 5.41) is 0.893. The predicted octanol–water partition coefficient (Wildman–Crippen LogP) is 5.17. The number of methoxy groups -OCH3 is 1. The van der Waals surface area contributed by atoms with Gasteiger partial charge in [-0.05, 0) is 61.6 Å². The van der Waals surface area contributed by atoms with Crippen molar-refractivity contribution in [2.45, 2.75) is 78.8 Å². The zero-order chi connectivity index (χ0) is 23.8. The van der Waals surface area contributed by atoms with Gasteiger partial charge in [-0.1, -0.05) is 32.9 Å². The van der Waals surface area contributed by atoms with Gasteiger partial charge in [0.2, 0.25) is 11.0 Å². The third-order valence-electron chi connectivity index (χ3n) is 7.12. The Balaban J connectivity index is 1.39. The van der Waals surface area contributed by atoms with Gasteiger partial charge in [-0.3, -0.25) is 4.79 Å². The molecule has 0 spiro atoms. The Morgan fingerprint density at radius 3 is 2.82 bits per heavy atom. The van der Waals surface area contributed by atoms with Gasteiger partial charge >= 0.3 is 0 Å². The second-order valence-electron chi connectivity index (χ2n) is 11.3. The van der Waals surface area contributed by atoms with Crippen molar-refractivity contribution in [2.24, 2.45) is 10.8 Å². The molecule has 1 aromatic heterocycles. The van der Waals surface area contributed by atoms with Gasteiger partial charge in [-0.25, -0.2) is 4.98 Å². The third kappa shape index (κ3) is 5.51. The number of anilines is 1. The minimum atomic E-state index is 0.254. The van der Waals surface area contributed by atoms with Crippen LogP contribution in [0.5, 0.6) is 5.75 Å². The molecule has 1 amide bonds. The van der Waals surface area contributed by atoms with Gasteiger partial charge in [0.15, 0.2) is 0 Å². The number of aromatic nitrogens is 2. The number of hydrogen-bond donors (Lipinski definition) is 0. The predicted molar refractivity (Wildman–Crippen MR) is 134 cm³/mol. The fourth-order valence-corrected chi connectivity index (χ4v) is 6.93. The van der Waals surface area contributed by atoms with E-state index >= 15 is 0 Å². The highest BCUT2D eigenvalue weighted by Gasteiger charge is 2.50. The van der Waals surface area contributed by atoms with Crippen LogP contribution in [-0.2, 0) is 11.2 Å². The summed E-state index contributed by atoms with van der Waals surface area (Å²) in [7, 11) is 1.68. The first-order valence-electron chi connectivity index (χ1n) is 12.1. The molecule has 1 aromatic carbocycles. The molecule has 180 valence electrons. The second kappa shape index (κ2) is 9.24. The average Bonchev–Trinajstić information content (AvgIpc) is 3.28. The molecule has 4 rings (SSSR count). The third-order valence-corrected chi connectivity index (χ3v) is 7.92. The fraction of sp³-hybridized carbons (Fsp3) is 0.654. The number of hydrogen-bond acceptors (Lipinski definition) is 6. The van der Waals surface area contributed by atoms with Crippen LogP contribution in [0.2, 0.25) is 0 Å². The lowest BCUT2D eigenvalue weighted by Crippen LogP contribution is -2.40. The number of carbonyl (C=O) groups is 1. The fourth-order valence-electron chi connectivity index (χ4n) is 6.08. The van der Waals surface area contributed by atoms with E-state index < -0.39 is 0 Å². The molecule has 1 saturated heterocycles. The Morgan fingerprint density at radius 1 is 1.30 bits per heavy atom. The van der Waals surface area contributed by atoms with E-state index in [0.717, 1.165) is 41.7 Å². The number of nitrogens with zero attached hydrogens (tertiary/aromatic N) is 4. The summed E-state index contributed by atoms with van der Waals surface area (Å²) in [5.74, 6) is 1.94. The highest BCUT2D eigenvalue weighted by atomic mass is 32.1. The van der Waals surface area contributed by atoms with Crippen molar-refractivity contribution in [1.29, 1.82) is 0 Å². The van der Waals surface area contributed by atoms with Gasteiger partial charge in [-0.15, -0.1) is 0 Å². The number of amides is 1. The summed E-state index contributed by atoms with van der Waals surface area (Å²) in [6.07, 6.45) is 4.67. The molecular weight excluding hydrogens is 432 g/mol. The highest BCUT2D eigenvalue weighted by Crippen LogP contribution is 2.52. The van der Waals surface area contributed by atoms with Gasteiger partial charge in [0.25, 0.3) is 0 Å². The number of likely N-dealkylation sites (tertiary alicyclic amines) is 1. The van der Waals surface area contributed by atoms with Crippen LogP contribution in [0.1, 0.15) is 71.7 Å². The number of ether oxygens (including phenoxy) is 1. The summed E-state index contributed by atoms with van der Waals surface area (Å²) in [6, 6.07) is 8.67. The van der Waals surface area contributed by atoms with Gasteiger partial charge < -0.3 is 14.5 Å². The van der Waals surface area contributed by atoms with E-state index in [9.17, 15) is 4.79 Å². The maximum absolute atomic E-state index is 13.3. The first-order chi connectivity index (χ1) is 15.6. The number of carbonyl (C=O) groups excluding carboxylic acids is 1. The Bertz CT molecular complexity index is 988. The molecule has 1 aliphatic heterocycles. The van der Waals surface area contributed by atoms with Crippen LogP contribution < -0.4 is 9.64 Å². The van der Waals surface area contributed by atoms with Crippen LogP contribution in [0.15, 0.2) is 24.3 Å². The van der Waals surface area contributed by atoms with E-state index in [0.29, 0.717) is 30.8 Å². The topological polar surface area (TPSA) is 58.6 Å². The quantitative estimate of drug-likeness (QED) is 0.533. The molecule has 1 saturated carbocycles. The molecule has 0 N–H and O–H groups in total. The van der Waals surface area contributed by atoms with E-state index in [1.807, 2.05) is 18.2 Å². The summed E-state index contributed by atoms with van der Waals surface area (Å²) < 4.78 is 9.92. The minimum absolute atomic E-state index is 0.254. The van der Waals surface area contributed by atoms with E-state index in [-0.39, 0.29) is 17.4 Å². The largest absolute Gasteiger partial charge is 0.497 e. The van der Waals surface area contributed by atoms with Crippen LogP contribution in [0, 0.1) is 10.8 Å². The van der Waals surface area contributed by atoms with E-state index in [1.54, 1.807) is 7.11 Å². The maximum atomic E-state index is 13.3. The molecule has 2 unspecified atom stereocenters. The molecule has 2 bridgehead atoms. The maximum Gasteiger partial charge on any atom is 0.224 e. The number of fused-ring (bicyclic) bond motifs is 2. The van der Waals surface area contributed by atoms with Crippen molar-refractivity contribution in [3.63, 3.8) is 0 Å². The van der Waals surface area contributed by atoms with Gasteiger partial charge in [0.1, 0.15) is 11.6 Å². The Kier molecular flexibility index (Phi) is 6.72. The van der Waals surface area contributed by atoms with Crippen LogP contribution in [0.3, 0.4) is 0 Å². The summed E-state index contributed by atoms with van der Waals surface area (Å²) in [6.45, 7) is 13.0. The SMILES string of the molecule is COc1cccc(Cc2nsc(N(CCC(=O)N3CC4(C)CC3CC(C)(C)C4)C(C)C)n2)c1. The first-order valence-corrected chi connectivity index (χ1v) is 12.9. The van der Waals surface area contributed by atoms with E-state index in [1.165, 1.54) is 18.0 Å². The van der Waals surface area contributed by atoms with Crippen molar-refractivity contribution < 1.29 is 9.53 Å². The van der Waals surface area contributed by atoms with Crippen LogP contribution in [-0.4, -0.2) is 52.4 Å². The normalized spacial score (nSPS) is 23.7. The monoisotopic (exact) mass is 470 g/mol. The van der Waals surface area contributed by atoms with E-state index in [4.69, 9.17) is 9.72 Å². The van der Waals surface area contributed by atoms with Crippen molar-refractivity contribution >= 4 is 22.6 Å². The molecule has 7 heteroatoms. The van der Waals surface area contributed by atoms with Crippen molar-refractivity contribution in [3.05, 3.63) is 35.7 Å². The van der Waals surface area contributed by atoms with E-state index in [2.05, 4.69) is 54.9 Å². The zero-order valence-electron chi connectivity index (χ0n) is 20.9. The van der Waals surface area contributed by atoms with Crippen molar-refractivity contribution in [2.75, 3.05) is 25.1 Å².